The van der Waals surface area contributed by atoms with Gasteiger partial charge >= 0.3 is 0 Å². The van der Waals surface area contributed by atoms with Gasteiger partial charge in [-0.1, -0.05) is 29.3 Å². The van der Waals surface area contributed by atoms with E-state index in [1.807, 2.05) is 19.1 Å². The molecule has 0 saturated heterocycles. The van der Waals surface area contributed by atoms with Crippen LogP contribution in [-0.4, -0.2) is 5.91 Å². The van der Waals surface area contributed by atoms with Crippen LogP contribution >= 0.6 is 34.5 Å². The number of carbonyl (C=O) groups excluding carboxylic acids is 1. The molecule has 21 heavy (non-hydrogen) atoms. The second-order valence-electron chi connectivity index (χ2n) is 5.27. The maximum atomic E-state index is 12.3. The zero-order valence-corrected chi connectivity index (χ0v) is 13.9. The first-order valence-corrected chi connectivity index (χ1v) is 8.49. The molecular formula is C16H15Cl2NOS. The van der Waals surface area contributed by atoms with Crippen molar-refractivity contribution in [3.8, 4) is 0 Å². The molecule has 5 heteroatoms. The van der Waals surface area contributed by atoms with E-state index in [1.54, 1.807) is 23.5 Å². The summed E-state index contributed by atoms with van der Waals surface area (Å²) in [6.07, 6.45) is 3.41. The molecule has 3 rings (SSSR count). The number of thiophene rings is 1. The van der Waals surface area contributed by atoms with E-state index >= 15 is 0 Å². The van der Waals surface area contributed by atoms with Crippen LogP contribution in [0.3, 0.4) is 0 Å². The van der Waals surface area contributed by atoms with Crippen LogP contribution in [0.1, 0.15) is 45.1 Å². The van der Waals surface area contributed by atoms with E-state index < -0.39 is 0 Å². The number of carbonyl (C=O) groups is 1. The van der Waals surface area contributed by atoms with E-state index in [-0.39, 0.29) is 11.9 Å². The maximum Gasteiger partial charge on any atom is 0.261 e. The lowest BCUT2D eigenvalue weighted by Gasteiger charge is -2.15. The minimum Gasteiger partial charge on any atom is -0.345 e. The van der Waals surface area contributed by atoms with Gasteiger partial charge in [-0.05, 0) is 55.5 Å². The predicted molar refractivity (Wildman–Crippen MR) is 88.7 cm³/mol. The number of hydrogen-bond donors (Lipinski definition) is 1. The van der Waals surface area contributed by atoms with Crippen molar-refractivity contribution in [3.63, 3.8) is 0 Å². The van der Waals surface area contributed by atoms with Crippen LogP contribution < -0.4 is 5.32 Å². The predicted octanol–water partition coefficient (Wildman–Crippen LogP) is 5.03. The minimum absolute atomic E-state index is 0.0343. The van der Waals surface area contributed by atoms with Gasteiger partial charge in [-0.15, -0.1) is 11.3 Å². The van der Waals surface area contributed by atoms with Crippen LogP contribution in [0.2, 0.25) is 10.0 Å². The Hall–Kier alpha value is -1.03. The fraction of sp³-hybridized carbons (Fsp3) is 0.312. The van der Waals surface area contributed by atoms with Gasteiger partial charge in [0, 0.05) is 14.9 Å². The SMILES string of the molecule is C[C@@H](NC(=O)c1cc2c(s1)CCC2)c1ccc(Cl)cc1Cl. The average molecular weight is 340 g/mol. The first-order valence-electron chi connectivity index (χ1n) is 6.92. The normalized spacial score (nSPS) is 14.8. The number of amides is 1. The monoisotopic (exact) mass is 339 g/mol. The van der Waals surface area contributed by atoms with Crippen LogP contribution in [0.4, 0.5) is 0 Å². The number of benzene rings is 1. The molecule has 0 unspecified atom stereocenters. The summed E-state index contributed by atoms with van der Waals surface area (Å²) in [5.41, 5.74) is 2.21. The van der Waals surface area contributed by atoms with Crippen molar-refractivity contribution in [2.45, 2.75) is 32.2 Å². The van der Waals surface area contributed by atoms with E-state index in [9.17, 15) is 4.79 Å². The molecule has 1 amide bonds. The molecule has 0 aliphatic heterocycles. The summed E-state index contributed by atoms with van der Waals surface area (Å²) in [5, 5.41) is 4.17. The van der Waals surface area contributed by atoms with Gasteiger partial charge in [-0.3, -0.25) is 4.79 Å². The largest absolute Gasteiger partial charge is 0.345 e. The quantitative estimate of drug-likeness (QED) is 0.834. The molecular weight excluding hydrogens is 325 g/mol. The molecule has 1 atom stereocenters. The third-order valence-corrected chi connectivity index (χ3v) is 5.55. The fourth-order valence-corrected chi connectivity index (χ4v) is 4.37. The molecule has 0 saturated carbocycles. The van der Waals surface area contributed by atoms with Gasteiger partial charge in [0.1, 0.15) is 0 Å². The highest BCUT2D eigenvalue weighted by Gasteiger charge is 2.20. The highest BCUT2D eigenvalue weighted by atomic mass is 35.5. The van der Waals surface area contributed by atoms with Crippen molar-refractivity contribution in [2.24, 2.45) is 0 Å². The number of hydrogen-bond acceptors (Lipinski definition) is 2. The van der Waals surface area contributed by atoms with Gasteiger partial charge in [0.25, 0.3) is 5.91 Å². The third-order valence-electron chi connectivity index (χ3n) is 3.75. The summed E-state index contributed by atoms with van der Waals surface area (Å²) in [5.74, 6) is -0.0343. The van der Waals surface area contributed by atoms with Gasteiger partial charge in [0.05, 0.1) is 10.9 Å². The summed E-state index contributed by atoms with van der Waals surface area (Å²) >= 11 is 13.7. The van der Waals surface area contributed by atoms with Crippen molar-refractivity contribution in [1.29, 1.82) is 0 Å². The van der Waals surface area contributed by atoms with Gasteiger partial charge in [-0.25, -0.2) is 0 Å². The van der Waals surface area contributed by atoms with Crippen LogP contribution in [0.5, 0.6) is 0 Å². The van der Waals surface area contributed by atoms with E-state index in [4.69, 9.17) is 23.2 Å². The van der Waals surface area contributed by atoms with E-state index in [0.717, 1.165) is 23.3 Å². The Labute approximate surface area is 138 Å². The molecule has 0 bridgehead atoms. The Morgan fingerprint density at radius 1 is 1.29 bits per heavy atom. The minimum atomic E-state index is -0.154. The van der Waals surface area contributed by atoms with Crippen molar-refractivity contribution >= 4 is 40.4 Å². The average Bonchev–Trinajstić information content (AvgIpc) is 2.98. The van der Waals surface area contributed by atoms with Crippen molar-refractivity contribution in [2.75, 3.05) is 0 Å². The Kier molecular flexibility index (Phi) is 4.25. The first-order chi connectivity index (χ1) is 10.0. The van der Waals surface area contributed by atoms with Crippen LogP contribution in [0, 0.1) is 0 Å². The van der Waals surface area contributed by atoms with Crippen LogP contribution in [0.15, 0.2) is 24.3 Å². The third kappa shape index (κ3) is 3.10. The molecule has 0 spiro atoms. The standard InChI is InChI=1S/C16H15Cl2NOS/c1-9(12-6-5-11(17)8-13(12)18)19-16(20)15-7-10-3-2-4-14(10)21-15/h5-9H,2-4H2,1H3,(H,19,20)/t9-/m1/s1. The molecule has 0 fully saturated rings. The Bertz CT molecular complexity index is 674. The summed E-state index contributed by atoms with van der Waals surface area (Å²) in [6.45, 7) is 1.92. The maximum absolute atomic E-state index is 12.3. The highest BCUT2D eigenvalue weighted by molar-refractivity contribution is 7.14. The number of halogens is 2. The molecule has 2 aromatic rings. The molecule has 1 N–H and O–H groups in total. The number of rotatable bonds is 3. The lowest BCUT2D eigenvalue weighted by molar-refractivity contribution is 0.0944. The Morgan fingerprint density at radius 3 is 2.81 bits per heavy atom. The Balaban J connectivity index is 1.74. The molecule has 1 heterocycles. The molecule has 1 aliphatic carbocycles. The molecule has 1 aromatic heterocycles. The smallest absolute Gasteiger partial charge is 0.261 e. The number of fused-ring (bicyclic) bond motifs is 1. The summed E-state index contributed by atoms with van der Waals surface area (Å²) in [7, 11) is 0. The van der Waals surface area contributed by atoms with Crippen LogP contribution in [-0.2, 0) is 12.8 Å². The van der Waals surface area contributed by atoms with Crippen LogP contribution in [0.25, 0.3) is 0 Å². The second-order valence-corrected chi connectivity index (χ2v) is 7.25. The topological polar surface area (TPSA) is 29.1 Å². The van der Waals surface area contributed by atoms with E-state index in [1.165, 1.54) is 16.9 Å². The van der Waals surface area contributed by atoms with E-state index in [0.29, 0.717) is 10.0 Å². The van der Waals surface area contributed by atoms with E-state index in [2.05, 4.69) is 5.32 Å². The molecule has 0 radical (unpaired) electrons. The van der Waals surface area contributed by atoms with Crippen molar-refractivity contribution in [1.82, 2.24) is 5.32 Å². The Morgan fingerprint density at radius 2 is 2.10 bits per heavy atom. The highest BCUT2D eigenvalue weighted by Crippen LogP contribution is 2.31. The number of aryl methyl sites for hydroxylation is 2. The van der Waals surface area contributed by atoms with Crippen molar-refractivity contribution < 1.29 is 4.79 Å². The second kappa shape index (κ2) is 5.99. The fourth-order valence-electron chi connectivity index (χ4n) is 2.64. The lowest BCUT2D eigenvalue weighted by atomic mass is 10.1. The van der Waals surface area contributed by atoms with Gasteiger partial charge in [0.15, 0.2) is 0 Å². The summed E-state index contributed by atoms with van der Waals surface area (Å²) < 4.78 is 0. The molecule has 110 valence electrons. The zero-order valence-electron chi connectivity index (χ0n) is 11.6. The van der Waals surface area contributed by atoms with Gasteiger partial charge in [-0.2, -0.15) is 0 Å². The molecule has 2 nitrogen and oxygen atoms in total. The summed E-state index contributed by atoms with van der Waals surface area (Å²) in [4.78, 5) is 14.5. The lowest BCUT2D eigenvalue weighted by Crippen LogP contribution is -2.26. The van der Waals surface area contributed by atoms with Gasteiger partial charge in [0.2, 0.25) is 0 Å². The molecule has 1 aliphatic rings. The van der Waals surface area contributed by atoms with Gasteiger partial charge < -0.3 is 5.32 Å². The molecule has 1 aromatic carbocycles. The zero-order chi connectivity index (χ0) is 15.0. The first kappa shape index (κ1) is 14.9. The summed E-state index contributed by atoms with van der Waals surface area (Å²) in [6, 6.07) is 7.20. The van der Waals surface area contributed by atoms with Crippen molar-refractivity contribution in [3.05, 3.63) is 55.2 Å². The number of nitrogens with one attached hydrogen (secondary N) is 1.